The van der Waals surface area contributed by atoms with Gasteiger partial charge in [0, 0.05) is 42.6 Å². The first-order valence-corrected chi connectivity index (χ1v) is 16.0. The number of rotatable bonds is 5. The summed E-state index contributed by atoms with van der Waals surface area (Å²) in [5.41, 5.74) is 6.17. The number of nitrogen functional groups attached to an aromatic ring is 1. The fourth-order valence-corrected chi connectivity index (χ4v) is 8.75. The van der Waals surface area contributed by atoms with E-state index >= 15 is 4.39 Å². The summed E-state index contributed by atoms with van der Waals surface area (Å²) >= 11 is 7.78. The zero-order valence-corrected chi connectivity index (χ0v) is 25.0. The number of benzene rings is 2. The Kier molecular flexibility index (Phi) is 6.45. The normalized spacial score (nSPS) is 25.1. The molecule has 4 fully saturated rings. The lowest BCUT2D eigenvalue weighted by atomic mass is 9.81. The fraction of sp³-hybridized carbons (Fsp3) is 0.500. The molecular weight excluding hydrogens is 599 g/mol. The van der Waals surface area contributed by atoms with Crippen molar-refractivity contribution < 1.29 is 17.9 Å². The first-order valence-electron chi connectivity index (χ1n) is 14.8. The van der Waals surface area contributed by atoms with Gasteiger partial charge in [0.2, 0.25) is 0 Å². The van der Waals surface area contributed by atoms with Crippen LogP contribution in [-0.4, -0.2) is 76.4 Å². The van der Waals surface area contributed by atoms with Gasteiger partial charge in [-0.2, -0.15) is 9.97 Å². The van der Waals surface area contributed by atoms with Crippen molar-refractivity contribution in [1.29, 1.82) is 0 Å². The Labute approximate surface area is 255 Å². The summed E-state index contributed by atoms with van der Waals surface area (Å²) in [5.74, 6) is -0.619. The number of nitrogens with two attached hydrogens (primary N) is 1. The van der Waals surface area contributed by atoms with Crippen LogP contribution < -0.4 is 20.7 Å². The molecular formula is C30H31ClF3N7OS. The maximum Gasteiger partial charge on any atom is 0.319 e. The van der Waals surface area contributed by atoms with Crippen molar-refractivity contribution in [1.82, 2.24) is 25.2 Å². The van der Waals surface area contributed by atoms with Gasteiger partial charge in [-0.05, 0) is 57.0 Å². The number of alkyl halides is 1. The van der Waals surface area contributed by atoms with Crippen molar-refractivity contribution in [3.63, 3.8) is 0 Å². The summed E-state index contributed by atoms with van der Waals surface area (Å²) in [6.07, 6.45) is 4.69. The van der Waals surface area contributed by atoms with Crippen LogP contribution in [0, 0.1) is 11.6 Å². The van der Waals surface area contributed by atoms with Gasteiger partial charge in [0.15, 0.2) is 10.9 Å². The molecule has 6 heterocycles. The number of hydrogen-bond donors (Lipinski definition) is 2. The van der Waals surface area contributed by atoms with Gasteiger partial charge in [-0.1, -0.05) is 29.4 Å². The number of nitrogens with zero attached hydrogens (tertiary/aromatic N) is 5. The van der Waals surface area contributed by atoms with Crippen LogP contribution in [0.5, 0.6) is 6.01 Å². The molecule has 13 heteroatoms. The predicted molar refractivity (Wildman–Crippen MR) is 163 cm³/mol. The third kappa shape index (κ3) is 4.43. The summed E-state index contributed by atoms with van der Waals surface area (Å²) in [6, 6.07) is 4.43. The first-order chi connectivity index (χ1) is 20.7. The van der Waals surface area contributed by atoms with Gasteiger partial charge >= 0.3 is 6.01 Å². The van der Waals surface area contributed by atoms with Crippen LogP contribution in [0.25, 0.3) is 32.2 Å². The van der Waals surface area contributed by atoms with Gasteiger partial charge in [0.05, 0.1) is 26.3 Å². The third-order valence-corrected chi connectivity index (χ3v) is 10.9. The van der Waals surface area contributed by atoms with Crippen molar-refractivity contribution in [3.8, 4) is 17.1 Å². The molecule has 1 unspecified atom stereocenters. The van der Waals surface area contributed by atoms with Crippen LogP contribution in [0.15, 0.2) is 18.2 Å². The average molecular weight is 630 g/mol. The van der Waals surface area contributed by atoms with E-state index < -0.39 is 23.3 Å². The minimum Gasteiger partial charge on any atom is -0.461 e. The molecule has 3 N–H and O–H groups in total. The maximum absolute atomic E-state index is 16.7. The summed E-state index contributed by atoms with van der Waals surface area (Å²) in [7, 11) is 0. The quantitative estimate of drug-likeness (QED) is 0.290. The van der Waals surface area contributed by atoms with Gasteiger partial charge in [-0.25, -0.2) is 18.2 Å². The number of piperidine rings is 1. The molecule has 2 aromatic carbocycles. The largest absolute Gasteiger partial charge is 0.461 e. The monoisotopic (exact) mass is 629 g/mol. The number of ether oxygens (including phenoxy) is 1. The predicted octanol–water partition coefficient (Wildman–Crippen LogP) is 5.71. The highest BCUT2D eigenvalue weighted by Crippen LogP contribution is 2.45. The SMILES string of the molecule is Nc1nc2c(-c3c(Cl)cc4c(N5CC6(CCCCN6)C5)nc(OCC56CCCN5C[C@H](F)C6)nc4c3F)ccc(F)c2s1. The van der Waals surface area contributed by atoms with Crippen LogP contribution in [0.3, 0.4) is 0 Å². The Morgan fingerprint density at radius 2 is 1.98 bits per heavy atom. The number of hydrogen-bond acceptors (Lipinski definition) is 9. The second-order valence-corrected chi connectivity index (χ2v) is 13.9. The molecule has 226 valence electrons. The topological polar surface area (TPSA) is 92.4 Å². The van der Waals surface area contributed by atoms with E-state index in [1.807, 2.05) is 0 Å². The molecule has 0 amide bonds. The van der Waals surface area contributed by atoms with Gasteiger partial charge in [-0.15, -0.1) is 0 Å². The Morgan fingerprint density at radius 3 is 2.79 bits per heavy atom. The lowest BCUT2D eigenvalue weighted by Crippen LogP contribution is -2.70. The zero-order chi connectivity index (χ0) is 29.5. The van der Waals surface area contributed by atoms with E-state index in [1.165, 1.54) is 12.1 Å². The molecule has 0 radical (unpaired) electrons. The number of fused-ring (bicyclic) bond motifs is 3. The molecule has 4 aliphatic heterocycles. The molecule has 1 spiro atoms. The molecule has 2 aromatic heterocycles. The number of thiazole rings is 1. The van der Waals surface area contributed by atoms with E-state index in [0.717, 1.165) is 69.6 Å². The second kappa shape index (κ2) is 10.0. The van der Waals surface area contributed by atoms with E-state index in [1.54, 1.807) is 6.07 Å². The summed E-state index contributed by atoms with van der Waals surface area (Å²) in [6.45, 7) is 3.87. The Morgan fingerprint density at radius 1 is 1.12 bits per heavy atom. The van der Waals surface area contributed by atoms with Crippen LogP contribution in [0.4, 0.5) is 24.1 Å². The van der Waals surface area contributed by atoms with E-state index in [4.69, 9.17) is 27.1 Å². The van der Waals surface area contributed by atoms with Gasteiger partial charge < -0.3 is 20.7 Å². The Balaban J connectivity index is 1.23. The minimum atomic E-state index is -0.897. The van der Waals surface area contributed by atoms with Crippen LogP contribution in [-0.2, 0) is 0 Å². The van der Waals surface area contributed by atoms with Crippen molar-refractivity contribution in [3.05, 3.63) is 34.9 Å². The molecule has 0 bridgehead atoms. The maximum atomic E-state index is 16.7. The van der Waals surface area contributed by atoms with E-state index in [9.17, 15) is 8.78 Å². The fourth-order valence-electron chi connectivity index (χ4n) is 7.69. The number of halogens is 4. The highest BCUT2D eigenvalue weighted by molar-refractivity contribution is 7.22. The van der Waals surface area contributed by atoms with Crippen LogP contribution in [0.2, 0.25) is 5.02 Å². The molecule has 4 saturated heterocycles. The smallest absolute Gasteiger partial charge is 0.319 e. The highest BCUT2D eigenvalue weighted by Gasteiger charge is 2.50. The Hall–Kier alpha value is -2.93. The van der Waals surface area contributed by atoms with E-state index in [0.29, 0.717) is 29.7 Å². The molecule has 4 aliphatic rings. The van der Waals surface area contributed by atoms with Gasteiger partial charge in [0.1, 0.15) is 29.9 Å². The van der Waals surface area contributed by atoms with Crippen LogP contribution in [0.1, 0.15) is 38.5 Å². The molecule has 0 saturated carbocycles. The zero-order valence-electron chi connectivity index (χ0n) is 23.4. The van der Waals surface area contributed by atoms with Crippen molar-refractivity contribution >= 4 is 55.0 Å². The van der Waals surface area contributed by atoms with Crippen molar-refractivity contribution in [2.45, 2.75) is 55.8 Å². The third-order valence-electron chi connectivity index (χ3n) is 9.72. The summed E-state index contributed by atoms with van der Waals surface area (Å²) in [4.78, 5) is 17.9. The van der Waals surface area contributed by atoms with Crippen molar-refractivity contribution in [2.24, 2.45) is 0 Å². The van der Waals surface area contributed by atoms with Gasteiger partial charge in [0.25, 0.3) is 0 Å². The minimum absolute atomic E-state index is 0.00634. The van der Waals surface area contributed by atoms with E-state index in [2.05, 4.69) is 25.1 Å². The standard InChI is InChI=1S/C30H31ClF3N7OS/c31-19-10-18-23(22(34)21(19)17-4-5-20(33)25-24(17)37-27(35)43-25)38-28(42-15-30-7-3-9-41(30)12-16(32)11-30)39-26(18)40-13-29(14-40)6-1-2-8-36-29/h4-5,10,16,36H,1-3,6-9,11-15H2,(H2,35,37)/t16-,30?/m1/s1. The van der Waals surface area contributed by atoms with Crippen molar-refractivity contribution in [2.75, 3.05) is 50.0 Å². The van der Waals surface area contributed by atoms with Crippen LogP contribution >= 0.6 is 22.9 Å². The molecule has 43 heavy (non-hydrogen) atoms. The lowest BCUT2D eigenvalue weighted by molar-refractivity contribution is 0.107. The van der Waals surface area contributed by atoms with E-state index in [-0.39, 0.29) is 49.6 Å². The summed E-state index contributed by atoms with van der Waals surface area (Å²) in [5, 5.41) is 4.43. The second-order valence-electron chi connectivity index (χ2n) is 12.5. The molecule has 8 rings (SSSR count). The van der Waals surface area contributed by atoms with Gasteiger partial charge in [-0.3, -0.25) is 4.90 Å². The molecule has 4 aromatic rings. The highest BCUT2D eigenvalue weighted by atomic mass is 35.5. The number of nitrogens with one attached hydrogen (secondary N) is 1. The lowest BCUT2D eigenvalue weighted by Gasteiger charge is -2.53. The summed E-state index contributed by atoms with van der Waals surface area (Å²) < 4.78 is 52.1. The average Bonchev–Trinajstić information content (AvgIpc) is 3.64. The Bertz CT molecular complexity index is 1760. The molecule has 0 aliphatic carbocycles. The molecule has 8 nitrogen and oxygen atoms in total. The number of anilines is 2. The number of aromatic nitrogens is 3. The molecule has 2 atom stereocenters. The first kappa shape index (κ1) is 27.6.